The summed E-state index contributed by atoms with van der Waals surface area (Å²) in [5.74, 6) is 0.548. The van der Waals surface area contributed by atoms with Crippen LogP contribution in [0.4, 0.5) is 13.8 Å². The van der Waals surface area contributed by atoms with Gasteiger partial charge in [-0.1, -0.05) is 113 Å². The van der Waals surface area contributed by atoms with Crippen molar-refractivity contribution in [3.05, 3.63) is 61.6 Å². The molecular formula is C41H62F2N4O2S. The molecule has 1 aromatic carbocycles. The van der Waals surface area contributed by atoms with Crippen LogP contribution in [-0.2, 0) is 18.0 Å². The van der Waals surface area contributed by atoms with E-state index in [1.165, 1.54) is 51.5 Å². The van der Waals surface area contributed by atoms with Crippen LogP contribution in [-0.4, -0.2) is 35.0 Å². The van der Waals surface area contributed by atoms with E-state index in [0.29, 0.717) is 29.7 Å². The third-order valence-corrected chi connectivity index (χ3v) is 9.72. The highest BCUT2D eigenvalue weighted by molar-refractivity contribution is 7.17. The van der Waals surface area contributed by atoms with Gasteiger partial charge in [0.25, 0.3) is 0 Å². The van der Waals surface area contributed by atoms with Crippen LogP contribution in [0.15, 0.2) is 17.6 Å². The number of amidine groups is 1. The average Bonchev–Trinajstić information content (AvgIpc) is 3.81. The molecule has 2 aromatic rings. The molecule has 2 unspecified atom stereocenters. The molecule has 0 amide bonds. The standard InChI is InChI=1S/C27H28F2N4O2S.C6H14.2C4H10/c1-6-21(28)26-24(17(7-30)27(31)36-26)15(4)23-20-12-35-11-19(20)18(14(3)25(23)29)8-32-16(5)33-9-13(2)22(34)10-33;1-4-5-6(2)3;2*1-3-4-2/h6,8,13,22,34H,3-4,9-12,31H2,1-2,5H3;6H,4-5H2,1-3H3;2*3-4H2,1-2H3/b18-8+,21-6+,32-16?;;;. The minimum Gasteiger partial charge on any atom is -0.391 e. The maximum Gasteiger partial charge on any atom is 0.138 e. The van der Waals surface area contributed by atoms with Crippen LogP contribution >= 0.6 is 11.3 Å². The van der Waals surface area contributed by atoms with Crippen molar-refractivity contribution in [2.75, 3.05) is 18.8 Å². The van der Waals surface area contributed by atoms with E-state index >= 15 is 4.39 Å². The Morgan fingerprint density at radius 1 is 1.10 bits per heavy atom. The molecule has 2 aliphatic heterocycles. The van der Waals surface area contributed by atoms with E-state index in [0.717, 1.165) is 22.8 Å². The number of nitrogens with two attached hydrogens (primary N) is 1. The van der Waals surface area contributed by atoms with Gasteiger partial charge in [0.2, 0.25) is 0 Å². The second-order valence-electron chi connectivity index (χ2n) is 13.2. The van der Waals surface area contributed by atoms with Gasteiger partial charge in [0.1, 0.15) is 28.6 Å². The lowest BCUT2D eigenvalue weighted by molar-refractivity contribution is 0.134. The summed E-state index contributed by atoms with van der Waals surface area (Å²) in [7, 11) is 0. The number of aliphatic hydroxyl groups excluding tert-OH is 1. The number of ether oxygens (including phenoxy) is 1. The van der Waals surface area contributed by atoms with Gasteiger partial charge in [-0.3, -0.25) is 0 Å². The molecule has 0 bridgehead atoms. The summed E-state index contributed by atoms with van der Waals surface area (Å²) in [5, 5.41) is 20.5. The number of anilines is 1. The monoisotopic (exact) mass is 712 g/mol. The normalized spacial score (nSPS) is 17.3. The summed E-state index contributed by atoms with van der Waals surface area (Å²) in [6, 6.07) is 2.01. The van der Waals surface area contributed by atoms with E-state index in [-0.39, 0.29) is 56.5 Å². The van der Waals surface area contributed by atoms with E-state index in [2.05, 4.69) is 66.6 Å². The van der Waals surface area contributed by atoms with Gasteiger partial charge in [0, 0.05) is 46.8 Å². The maximum atomic E-state index is 15.9. The predicted molar refractivity (Wildman–Crippen MR) is 211 cm³/mol. The van der Waals surface area contributed by atoms with Crippen molar-refractivity contribution in [3.63, 3.8) is 0 Å². The molecule has 278 valence electrons. The van der Waals surface area contributed by atoms with Gasteiger partial charge in [-0.2, -0.15) is 5.26 Å². The molecule has 2 aliphatic rings. The molecule has 3 heterocycles. The molecule has 0 radical (unpaired) electrons. The van der Waals surface area contributed by atoms with Gasteiger partial charge < -0.3 is 20.5 Å². The third kappa shape index (κ3) is 11.9. The number of likely N-dealkylation sites (tertiary alicyclic amines) is 1. The molecule has 3 N–H and O–H groups in total. The summed E-state index contributed by atoms with van der Waals surface area (Å²) in [6.45, 7) is 30.4. The number of nitriles is 1. The fraction of sp³-hybridized carbons (Fsp3) is 0.561. The summed E-state index contributed by atoms with van der Waals surface area (Å²) in [5.41, 5.74) is 7.81. The number of β-amino-alcohol motifs (C(OH)–C–C–N with tert-alkyl or cyclic N) is 1. The minimum atomic E-state index is -0.630. The number of thiophene rings is 1. The van der Waals surface area contributed by atoms with Gasteiger partial charge in [-0.15, -0.1) is 11.3 Å². The number of hydrogen-bond acceptors (Lipinski definition) is 6. The molecule has 0 spiro atoms. The van der Waals surface area contributed by atoms with Crippen LogP contribution in [0.2, 0.25) is 0 Å². The third-order valence-electron chi connectivity index (χ3n) is 8.69. The number of nitrogen functional groups attached to an aromatic ring is 1. The Bertz CT molecular complexity index is 1600. The second-order valence-corrected chi connectivity index (χ2v) is 14.3. The molecule has 0 aliphatic carbocycles. The van der Waals surface area contributed by atoms with Crippen molar-refractivity contribution in [2.24, 2.45) is 16.8 Å². The van der Waals surface area contributed by atoms with E-state index in [4.69, 9.17) is 10.5 Å². The molecule has 9 heteroatoms. The number of hydrogen-bond donors (Lipinski definition) is 2. The number of fused-ring (bicyclic) bond motifs is 1. The maximum absolute atomic E-state index is 15.9. The van der Waals surface area contributed by atoms with Gasteiger partial charge >= 0.3 is 0 Å². The van der Waals surface area contributed by atoms with Crippen LogP contribution in [0.5, 0.6) is 0 Å². The zero-order valence-electron chi connectivity index (χ0n) is 32.3. The molecule has 50 heavy (non-hydrogen) atoms. The van der Waals surface area contributed by atoms with Crippen LogP contribution in [0.3, 0.4) is 0 Å². The van der Waals surface area contributed by atoms with Crippen LogP contribution < -0.4 is 16.2 Å². The number of unbranched alkanes of at least 4 members (excludes halogenated alkanes) is 2. The Labute approximate surface area is 304 Å². The molecule has 1 fully saturated rings. The van der Waals surface area contributed by atoms with Gasteiger partial charge in [-0.05, 0) is 36.5 Å². The van der Waals surface area contributed by atoms with E-state index < -0.39 is 17.7 Å². The fourth-order valence-corrected chi connectivity index (χ4v) is 6.26. The lowest BCUT2D eigenvalue weighted by Gasteiger charge is -2.16. The number of rotatable bonds is 8. The first-order valence-electron chi connectivity index (χ1n) is 18.1. The van der Waals surface area contributed by atoms with Gasteiger partial charge in [0.15, 0.2) is 0 Å². The number of nitrogens with zero attached hydrogens (tertiary/aromatic N) is 3. The average molecular weight is 713 g/mol. The molecule has 2 atom stereocenters. The first-order valence-corrected chi connectivity index (χ1v) is 18.9. The Morgan fingerprint density at radius 2 is 1.68 bits per heavy atom. The molecule has 4 rings (SSSR count). The number of benzene rings is 1. The Balaban J connectivity index is 0.000000757. The Morgan fingerprint density at radius 3 is 2.12 bits per heavy atom. The quantitative estimate of drug-likeness (QED) is 0.210. The molecule has 0 saturated carbocycles. The molecule has 6 nitrogen and oxygen atoms in total. The zero-order chi connectivity index (χ0) is 38.1. The summed E-state index contributed by atoms with van der Waals surface area (Å²) >= 11 is 0.927. The second kappa shape index (κ2) is 22.5. The SMILES string of the molecule is C=C(c1c(/C(F)=C\C)sc(N)c1C#N)c1c2c(/c(=C/N=C(C)N3CC(C)C(O)C3)c(=C)c1F)COC2.CCCC.CCCC.CCCC(C)C. The van der Waals surface area contributed by atoms with Crippen molar-refractivity contribution < 1.29 is 18.6 Å². The zero-order valence-corrected chi connectivity index (χ0v) is 33.1. The number of halogens is 2. The largest absolute Gasteiger partial charge is 0.391 e. The van der Waals surface area contributed by atoms with Crippen LogP contribution in [0.25, 0.3) is 24.2 Å². The minimum absolute atomic E-state index is 0.0626. The van der Waals surface area contributed by atoms with Crippen molar-refractivity contribution in [3.8, 4) is 6.07 Å². The lowest BCUT2D eigenvalue weighted by Crippen LogP contribution is -2.33. The number of allylic oxidation sites excluding steroid dienone is 1. The highest BCUT2D eigenvalue weighted by atomic mass is 32.1. The van der Waals surface area contributed by atoms with E-state index in [1.54, 1.807) is 6.20 Å². The highest BCUT2D eigenvalue weighted by Gasteiger charge is 2.30. The van der Waals surface area contributed by atoms with Crippen LogP contribution in [0.1, 0.15) is 140 Å². The summed E-state index contributed by atoms with van der Waals surface area (Å²) < 4.78 is 36.3. The van der Waals surface area contributed by atoms with Crippen molar-refractivity contribution in [2.45, 2.75) is 127 Å². The molecule has 1 aromatic heterocycles. The Kier molecular flexibility index (Phi) is 20.1. The lowest BCUT2D eigenvalue weighted by atomic mass is 9.89. The Hall–Kier alpha value is -3.32. The van der Waals surface area contributed by atoms with Crippen molar-refractivity contribution >= 4 is 46.4 Å². The first-order chi connectivity index (χ1) is 23.7. The van der Waals surface area contributed by atoms with Crippen LogP contribution in [0, 0.1) is 29.0 Å². The summed E-state index contributed by atoms with van der Waals surface area (Å²) in [4.78, 5) is 6.66. The van der Waals surface area contributed by atoms with Gasteiger partial charge in [-0.25, -0.2) is 13.8 Å². The molecule has 1 saturated heterocycles. The number of aliphatic hydroxyl groups is 1. The fourth-order valence-electron chi connectivity index (χ4n) is 5.25. The highest BCUT2D eigenvalue weighted by Crippen LogP contribution is 2.43. The van der Waals surface area contributed by atoms with Gasteiger partial charge in [0.05, 0.1) is 29.8 Å². The first kappa shape index (κ1) is 44.7. The summed E-state index contributed by atoms with van der Waals surface area (Å²) in [6.07, 6.45) is 10.4. The van der Waals surface area contributed by atoms with Crippen molar-refractivity contribution in [1.29, 1.82) is 5.26 Å². The number of aliphatic imine (C=N–C) groups is 1. The predicted octanol–water partition coefficient (Wildman–Crippen LogP) is 9.70. The smallest absolute Gasteiger partial charge is 0.138 e. The van der Waals surface area contributed by atoms with E-state index in [9.17, 15) is 14.8 Å². The van der Waals surface area contributed by atoms with Crippen molar-refractivity contribution in [1.82, 2.24) is 4.90 Å². The van der Waals surface area contributed by atoms with E-state index in [1.807, 2.05) is 24.8 Å². The topological polar surface area (TPSA) is 94.9 Å². The molecular weight excluding hydrogens is 651 g/mol.